The van der Waals surface area contributed by atoms with E-state index in [9.17, 15) is 5.11 Å². The molecule has 3 heteroatoms. The molecule has 2 rings (SSSR count). The topological polar surface area (TPSA) is 48.9 Å². The molecule has 1 heterocycles. The van der Waals surface area contributed by atoms with Crippen molar-refractivity contribution in [1.29, 1.82) is 0 Å². The summed E-state index contributed by atoms with van der Waals surface area (Å²) in [6.45, 7) is 10.5. The van der Waals surface area contributed by atoms with Crippen molar-refractivity contribution in [3.8, 4) is 0 Å². The van der Waals surface area contributed by atoms with E-state index in [4.69, 9.17) is 0 Å². The average Bonchev–Trinajstić information content (AvgIpc) is 2.91. The number of allylic oxidation sites excluding steroid dienone is 9. The number of hydrogen-bond acceptors (Lipinski definition) is 2. The summed E-state index contributed by atoms with van der Waals surface area (Å²) in [4.78, 5) is 7.39. The first-order valence-electron chi connectivity index (χ1n) is 8.93. The molecule has 134 valence electrons. The van der Waals surface area contributed by atoms with Crippen molar-refractivity contribution >= 4 is 6.08 Å². The van der Waals surface area contributed by atoms with E-state index >= 15 is 0 Å². The number of aromatic nitrogens is 2. The van der Waals surface area contributed by atoms with Crippen molar-refractivity contribution in [3.05, 3.63) is 70.6 Å². The van der Waals surface area contributed by atoms with E-state index in [1.165, 1.54) is 0 Å². The molecule has 0 unspecified atom stereocenters. The Morgan fingerprint density at radius 3 is 2.64 bits per heavy atom. The first-order valence-corrected chi connectivity index (χ1v) is 8.93. The molecule has 2 N–H and O–H groups in total. The molecule has 0 bridgehead atoms. The smallest absolute Gasteiger partial charge is 0.103 e. The largest absolute Gasteiger partial charge is 0.512 e. The van der Waals surface area contributed by atoms with Crippen LogP contribution in [0.1, 0.15) is 58.5 Å². The molecule has 0 spiro atoms. The molecule has 0 aliphatic heterocycles. The molecule has 0 saturated heterocycles. The van der Waals surface area contributed by atoms with Crippen LogP contribution in [0.4, 0.5) is 0 Å². The van der Waals surface area contributed by atoms with Crippen LogP contribution in [0.2, 0.25) is 0 Å². The molecule has 1 aliphatic rings. The second kappa shape index (κ2) is 8.19. The quantitative estimate of drug-likeness (QED) is 0.628. The SMILES string of the molecule is CC(/C=C/C1=C(O)CCCC1(C)C)=C\C=C\C(C)=C\c1cnc(C)[nH]1. The first kappa shape index (κ1) is 19.0. The van der Waals surface area contributed by atoms with Crippen LogP contribution in [0, 0.1) is 12.3 Å². The van der Waals surface area contributed by atoms with Crippen LogP contribution in [-0.2, 0) is 0 Å². The second-order valence-corrected chi connectivity index (χ2v) is 7.51. The fourth-order valence-electron chi connectivity index (χ4n) is 3.11. The number of rotatable bonds is 5. The van der Waals surface area contributed by atoms with Gasteiger partial charge < -0.3 is 10.1 Å². The number of aliphatic hydroxyl groups is 1. The van der Waals surface area contributed by atoms with E-state index in [1.54, 1.807) is 0 Å². The predicted molar refractivity (Wildman–Crippen MR) is 106 cm³/mol. The Hall–Kier alpha value is -2.29. The highest BCUT2D eigenvalue weighted by atomic mass is 16.3. The second-order valence-electron chi connectivity index (χ2n) is 7.51. The minimum Gasteiger partial charge on any atom is -0.512 e. The van der Waals surface area contributed by atoms with E-state index in [-0.39, 0.29) is 5.41 Å². The van der Waals surface area contributed by atoms with E-state index < -0.39 is 0 Å². The molecule has 1 aromatic rings. The highest BCUT2D eigenvalue weighted by molar-refractivity contribution is 5.51. The summed E-state index contributed by atoms with van der Waals surface area (Å²) < 4.78 is 0. The lowest BCUT2D eigenvalue weighted by atomic mass is 9.74. The van der Waals surface area contributed by atoms with Gasteiger partial charge in [0, 0.05) is 6.42 Å². The third-order valence-electron chi connectivity index (χ3n) is 4.59. The maximum atomic E-state index is 10.2. The number of nitrogens with one attached hydrogen (secondary N) is 1. The summed E-state index contributed by atoms with van der Waals surface area (Å²) in [6, 6.07) is 0. The minimum atomic E-state index is 0.0521. The molecular weight excluding hydrogens is 308 g/mol. The van der Waals surface area contributed by atoms with Crippen LogP contribution in [0.15, 0.2) is 59.1 Å². The number of imidazole rings is 1. The van der Waals surface area contributed by atoms with Gasteiger partial charge in [-0.25, -0.2) is 4.98 Å². The third kappa shape index (κ3) is 5.63. The zero-order chi connectivity index (χ0) is 18.4. The fourth-order valence-corrected chi connectivity index (χ4v) is 3.11. The molecule has 1 aliphatic carbocycles. The van der Waals surface area contributed by atoms with Gasteiger partial charge in [-0.2, -0.15) is 0 Å². The first-order chi connectivity index (χ1) is 11.8. The van der Waals surface area contributed by atoms with Crippen molar-refractivity contribution in [1.82, 2.24) is 9.97 Å². The summed E-state index contributed by atoms with van der Waals surface area (Å²) >= 11 is 0. The maximum Gasteiger partial charge on any atom is 0.103 e. The van der Waals surface area contributed by atoms with Crippen LogP contribution in [0.5, 0.6) is 0 Å². The van der Waals surface area contributed by atoms with Crippen LogP contribution >= 0.6 is 0 Å². The predicted octanol–water partition coefficient (Wildman–Crippen LogP) is 6.20. The molecule has 0 amide bonds. The monoisotopic (exact) mass is 338 g/mol. The fraction of sp³-hybridized carbons (Fsp3) is 0.409. The normalized spacial score (nSPS) is 19.4. The molecular formula is C22H30N2O. The van der Waals surface area contributed by atoms with Crippen molar-refractivity contribution in [3.63, 3.8) is 0 Å². The lowest BCUT2D eigenvalue weighted by Gasteiger charge is -2.31. The van der Waals surface area contributed by atoms with E-state index in [0.717, 1.165) is 47.5 Å². The standard InChI is InChI=1S/C22H30N2O/c1-16(11-12-20-21(25)10-7-13-22(20,4)5)8-6-9-17(2)14-19-15-23-18(3)24-19/h6,8-9,11-12,14-15,25H,7,10,13H2,1-5H3,(H,23,24)/b9-6+,12-11+,16-8+,17-14+. The Labute approximate surface area is 151 Å². The summed E-state index contributed by atoms with van der Waals surface area (Å²) in [5.41, 5.74) is 4.45. The molecule has 0 fully saturated rings. The van der Waals surface area contributed by atoms with Crippen molar-refractivity contribution < 1.29 is 5.11 Å². The Bertz CT molecular complexity index is 755. The van der Waals surface area contributed by atoms with Gasteiger partial charge in [0.1, 0.15) is 5.82 Å². The number of hydrogen-bond donors (Lipinski definition) is 2. The third-order valence-corrected chi connectivity index (χ3v) is 4.59. The number of nitrogens with zero attached hydrogens (tertiary/aromatic N) is 1. The summed E-state index contributed by atoms with van der Waals surface area (Å²) in [5.74, 6) is 1.47. The minimum absolute atomic E-state index is 0.0521. The van der Waals surface area contributed by atoms with E-state index in [0.29, 0.717) is 5.76 Å². The van der Waals surface area contributed by atoms with Gasteiger partial charge >= 0.3 is 0 Å². The van der Waals surface area contributed by atoms with Crippen LogP contribution < -0.4 is 0 Å². The van der Waals surface area contributed by atoms with Crippen molar-refractivity contribution in [2.45, 2.75) is 53.9 Å². The molecule has 0 aromatic carbocycles. The molecule has 3 nitrogen and oxygen atoms in total. The summed E-state index contributed by atoms with van der Waals surface area (Å²) in [7, 11) is 0. The Balaban J connectivity index is 2.02. The maximum absolute atomic E-state index is 10.2. The average molecular weight is 338 g/mol. The van der Waals surface area contributed by atoms with Gasteiger partial charge in [0.25, 0.3) is 0 Å². The number of aromatic amines is 1. The van der Waals surface area contributed by atoms with Gasteiger partial charge in [-0.1, -0.05) is 49.8 Å². The van der Waals surface area contributed by atoms with E-state index in [1.807, 2.05) is 13.1 Å². The summed E-state index contributed by atoms with van der Waals surface area (Å²) in [6.07, 6.45) is 17.3. The van der Waals surface area contributed by atoms with Crippen molar-refractivity contribution in [2.24, 2.45) is 5.41 Å². The van der Waals surface area contributed by atoms with Crippen molar-refractivity contribution in [2.75, 3.05) is 0 Å². The van der Waals surface area contributed by atoms with Gasteiger partial charge in [0.15, 0.2) is 0 Å². The number of aliphatic hydroxyl groups excluding tert-OH is 1. The number of aryl methyl sites for hydroxylation is 1. The Morgan fingerprint density at radius 2 is 2.00 bits per heavy atom. The molecule has 1 aromatic heterocycles. The zero-order valence-corrected chi connectivity index (χ0v) is 16.1. The zero-order valence-electron chi connectivity index (χ0n) is 16.1. The Morgan fingerprint density at radius 1 is 1.24 bits per heavy atom. The van der Waals surface area contributed by atoms with Crippen LogP contribution in [0.25, 0.3) is 6.08 Å². The Kier molecular flexibility index (Phi) is 6.24. The molecule has 25 heavy (non-hydrogen) atoms. The van der Waals surface area contributed by atoms with Gasteiger partial charge in [-0.15, -0.1) is 0 Å². The van der Waals surface area contributed by atoms with Gasteiger partial charge in [-0.3, -0.25) is 0 Å². The number of H-pyrrole nitrogens is 1. The highest BCUT2D eigenvalue weighted by Crippen LogP contribution is 2.40. The van der Waals surface area contributed by atoms with Gasteiger partial charge in [0.2, 0.25) is 0 Å². The van der Waals surface area contributed by atoms with E-state index in [2.05, 4.69) is 74.1 Å². The molecule has 0 saturated carbocycles. The van der Waals surface area contributed by atoms with Crippen LogP contribution in [0.3, 0.4) is 0 Å². The summed E-state index contributed by atoms with van der Waals surface area (Å²) in [5, 5.41) is 10.2. The molecule has 0 radical (unpaired) electrons. The van der Waals surface area contributed by atoms with Crippen LogP contribution in [-0.4, -0.2) is 15.1 Å². The highest BCUT2D eigenvalue weighted by Gasteiger charge is 2.28. The lowest BCUT2D eigenvalue weighted by Crippen LogP contribution is -2.19. The van der Waals surface area contributed by atoms with Gasteiger partial charge in [-0.05, 0) is 56.3 Å². The lowest BCUT2D eigenvalue weighted by molar-refractivity contribution is 0.292. The molecule has 0 atom stereocenters. The van der Waals surface area contributed by atoms with Gasteiger partial charge in [0.05, 0.1) is 17.6 Å².